The largest absolute Gasteiger partial charge is 0.489 e. The van der Waals surface area contributed by atoms with Gasteiger partial charge in [0.1, 0.15) is 18.4 Å². The third-order valence-corrected chi connectivity index (χ3v) is 4.65. The molecule has 0 bridgehead atoms. The zero-order valence-corrected chi connectivity index (χ0v) is 16.3. The Morgan fingerprint density at radius 3 is 2.54 bits per heavy atom. The highest BCUT2D eigenvalue weighted by molar-refractivity contribution is 6.35. The van der Waals surface area contributed by atoms with Gasteiger partial charge in [0.05, 0.1) is 18.4 Å². The third kappa shape index (κ3) is 3.91. The Labute approximate surface area is 171 Å². The number of benzene rings is 2. The Bertz CT molecular complexity index is 1070. The number of carbonyl (C=O) groups excluding carboxylic acids is 1. The van der Waals surface area contributed by atoms with Crippen molar-refractivity contribution in [2.75, 3.05) is 12.8 Å². The highest BCUT2D eigenvalue weighted by Crippen LogP contribution is 2.27. The van der Waals surface area contributed by atoms with Crippen LogP contribution in [0.3, 0.4) is 0 Å². The molecule has 2 aromatic carbocycles. The van der Waals surface area contributed by atoms with Gasteiger partial charge in [-0.2, -0.15) is 5.26 Å². The van der Waals surface area contributed by atoms with Gasteiger partial charge in [0.15, 0.2) is 5.69 Å². The van der Waals surface area contributed by atoms with E-state index >= 15 is 0 Å². The molecule has 8 heteroatoms. The maximum absolute atomic E-state index is 12.1. The molecule has 1 aromatic heterocycles. The molecule has 0 amide bonds. The Morgan fingerprint density at radius 1 is 1.21 bits per heavy atom. The Balaban J connectivity index is 1.83. The lowest BCUT2D eigenvalue weighted by Gasteiger charge is -2.11. The Hall–Kier alpha value is -3.14. The van der Waals surface area contributed by atoms with Crippen molar-refractivity contribution >= 4 is 34.9 Å². The lowest BCUT2D eigenvalue weighted by Crippen LogP contribution is -2.11. The fraction of sp³-hybridized carbons (Fsp3) is 0.100. The smallest absolute Gasteiger partial charge is 0.357 e. The molecule has 3 aromatic rings. The van der Waals surface area contributed by atoms with Crippen molar-refractivity contribution in [3.8, 4) is 17.5 Å². The molecule has 0 spiro atoms. The van der Waals surface area contributed by atoms with Gasteiger partial charge in [0.25, 0.3) is 0 Å². The lowest BCUT2D eigenvalue weighted by atomic mass is 10.2. The monoisotopic (exact) mass is 415 g/mol. The molecule has 0 unspecified atom stereocenters. The highest BCUT2D eigenvalue weighted by atomic mass is 35.5. The van der Waals surface area contributed by atoms with Crippen LogP contribution in [0.2, 0.25) is 10.0 Å². The van der Waals surface area contributed by atoms with Crippen molar-refractivity contribution in [3.05, 3.63) is 75.5 Å². The number of ether oxygens (including phenoxy) is 2. The topological polar surface area (TPSA) is 90.3 Å². The maximum atomic E-state index is 12.1. The van der Waals surface area contributed by atoms with Gasteiger partial charge in [-0.05, 0) is 36.4 Å². The molecule has 0 saturated carbocycles. The fourth-order valence-electron chi connectivity index (χ4n) is 2.62. The van der Waals surface area contributed by atoms with E-state index in [0.717, 1.165) is 5.56 Å². The first-order valence-electron chi connectivity index (χ1n) is 8.11. The standard InChI is InChI=1S/C20H15Cl2N3O3/c1-27-20(26)19-18(24)13(9-23)10-25(19)15-4-6-16(7-5-15)28-11-12-2-3-14(21)8-17(12)22/h2-8,10H,11,24H2,1H3. The van der Waals surface area contributed by atoms with Gasteiger partial charge in [0, 0.05) is 27.5 Å². The number of carbonyl (C=O) groups is 1. The zero-order chi connectivity index (χ0) is 20.3. The van der Waals surface area contributed by atoms with E-state index < -0.39 is 5.97 Å². The van der Waals surface area contributed by atoms with Crippen LogP contribution >= 0.6 is 23.2 Å². The summed E-state index contributed by atoms with van der Waals surface area (Å²) in [4.78, 5) is 12.1. The van der Waals surface area contributed by atoms with Crippen LogP contribution in [-0.4, -0.2) is 17.6 Å². The Kier molecular flexibility index (Phi) is 5.78. The summed E-state index contributed by atoms with van der Waals surface area (Å²) in [5.74, 6) is -0.0215. The number of anilines is 1. The van der Waals surface area contributed by atoms with Crippen molar-refractivity contribution in [2.24, 2.45) is 0 Å². The highest BCUT2D eigenvalue weighted by Gasteiger charge is 2.21. The second-order valence-corrected chi connectivity index (χ2v) is 6.64. The summed E-state index contributed by atoms with van der Waals surface area (Å²) < 4.78 is 12.0. The van der Waals surface area contributed by atoms with E-state index in [0.29, 0.717) is 21.5 Å². The maximum Gasteiger partial charge on any atom is 0.357 e. The molecule has 0 aliphatic heterocycles. The van der Waals surface area contributed by atoms with E-state index in [9.17, 15) is 10.1 Å². The number of hydrogen-bond donors (Lipinski definition) is 1. The summed E-state index contributed by atoms with van der Waals surface area (Å²) in [6.07, 6.45) is 1.49. The van der Waals surface area contributed by atoms with E-state index in [2.05, 4.69) is 0 Å². The van der Waals surface area contributed by atoms with Crippen LogP contribution in [0.25, 0.3) is 5.69 Å². The number of methoxy groups -OCH3 is 1. The normalized spacial score (nSPS) is 10.4. The van der Waals surface area contributed by atoms with Crippen LogP contribution in [0, 0.1) is 11.3 Å². The number of halogens is 2. The lowest BCUT2D eigenvalue weighted by molar-refractivity contribution is 0.0593. The van der Waals surface area contributed by atoms with Gasteiger partial charge in [-0.1, -0.05) is 29.3 Å². The summed E-state index contributed by atoms with van der Waals surface area (Å²) >= 11 is 12.0. The number of esters is 1. The predicted molar refractivity (Wildman–Crippen MR) is 107 cm³/mol. The van der Waals surface area contributed by atoms with E-state index in [1.54, 1.807) is 42.5 Å². The molecule has 0 atom stereocenters. The summed E-state index contributed by atoms with van der Waals surface area (Å²) in [7, 11) is 1.25. The average Bonchev–Trinajstić information content (AvgIpc) is 3.03. The quantitative estimate of drug-likeness (QED) is 0.614. The first-order valence-corrected chi connectivity index (χ1v) is 8.86. The SMILES string of the molecule is COC(=O)c1c(N)c(C#N)cn1-c1ccc(OCc2ccc(Cl)cc2Cl)cc1. The molecule has 3 rings (SSSR count). The van der Waals surface area contributed by atoms with Crippen molar-refractivity contribution < 1.29 is 14.3 Å². The molecule has 142 valence electrons. The summed E-state index contributed by atoms with van der Waals surface area (Å²) in [5, 5.41) is 10.3. The summed E-state index contributed by atoms with van der Waals surface area (Å²) in [6.45, 7) is 0.276. The van der Waals surface area contributed by atoms with Gasteiger partial charge in [-0.15, -0.1) is 0 Å². The number of nitriles is 1. The Morgan fingerprint density at radius 2 is 1.93 bits per heavy atom. The van der Waals surface area contributed by atoms with Crippen LogP contribution in [-0.2, 0) is 11.3 Å². The number of aromatic nitrogens is 1. The molecule has 0 aliphatic carbocycles. The first kappa shape index (κ1) is 19.6. The second-order valence-electron chi connectivity index (χ2n) is 5.80. The van der Waals surface area contributed by atoms with E-state index in [1.165, 1.54) is 17.9 Å². The molecular formula is C20H15Cl2N3O3. The molecule has 2 N–H and O–H groups in total. The minimum atomic E-state index is -0.628. The molecule has 28 heavy (non-hydrogen) atoms. The zero-order valence-electron chi connectivity index (χ0n) is 14.8. The van der Waals surface area contributed by atoms with Gasteiger partial charge in [0.2, 0.25) is 0 Å². The molecule has 0 saturated heterocycles. The van der Waals surface area contributed by atoms with Crippen molar-refractivity contribution in [1.82, 2.24) is 4.57 Å². The molecule has 1 heterocycles. The molecule has 0 radical (unpaired) electrons. The number of nitrogens with zero attached hydrogens (tertiary/aromatic N) is 2. The number of rotatable bonds is 5. The van der Waals surface area contributed by atoms with E-state index in [4.69, 9.17) is 38.4 Å². The van der Waals surface area contributed by atoms with Crippen molar-refractivity contribution in [1.29, 1.82) is 5.26 Å². The molecule has 0 aliphatic rings. The number of nitrogens with two attached hydrogens (primary N) is 1. The summed E-state index contributed by atoms with van der Waals surface area (Å²) in [5.41, 5.74) is 7.71. The third-order valence-electron chi connectivity index (χ3n) is 4.07. The number of hydrogen-bond acceptors (Lipinski definition) is 5. The molecule has 6 nitrogen and oxygen atoms in total. The van der Waals surface area contributed by atoms with Crippen molar-refractivity contribution in [3.63, 3.8) is 0 Å². The minimum Gasteiger partial charge on any atom is -0.489 e. The van der Waals surface area contributed by atoms with E-state index in [-0.39, 0.29) is 23.6 Å². The molecular weight excluding hydrogens is 401 g/mol. The van der Waals surface area contributed by atoms with Crippen molar-refractivity contribution in [2.45, 2.75) is 6.61 Å². The van der Waals surface area contributed by atoms with Gasteiger partial charge < -0.3 is 19.8 Å². The van der Waals surface area contributed by atoms with Crippen LogP contribution in [0.4, 0.5) is 5.69 Å². The van der Waals surface area contributed by atoms with Crippen LogP contribution in [0.15, 0.2) is 48.7 Å². The van der Waals surface area contributed by atoms with Crippen LogP contribution in [0.1, 0.15) is 21.6 Å². The first-order chi connectivity index (χ1) is 13.4. The summed E-state index contributed by atoms with van der Waals surface area (Å²) in [6, 6.07) is 14.1. The van der Waals surface area contributed by atoms with E-state index in [1.807, 2.05) is 6.07 Å². The fourth-order valence-corrected chi connectivity index (χ4v) is 3.08. The molecule has 0 fully saturated rings. The second kappa shape index (κ2) is 8.26. The average molecular weight is 416 g/mol. The van der Waals surface area contributed by atoms with Gasteiger partial charge in [-0.25, -0.2) is 4.79 Å². The number of nitrogen functional groups attached to an aromatic ring is 1. The minimum absolute atomic E-state index is 0.0760. The van der Waals surface area contributed by atoms with Crippen LogP contribution < -0.4 is 10.5 Å². The van der Waals surface area contributed by atoms with Gasteiger partial charge >= 0.3 is 5.97 Å². The van der Waals surface area contributed by atoms with Gasteiger partial charge in [-0.3, -0.25) is 0 Å². The predicted octanol–water partition coefficient (Wildman–Crippen LogP) is 4.60. The van der Waals surface area contributed by atoms with Crippen LogP contribution in [0.5, 0.6) is 5.75 Å².